The summed E-state index contributed by atoms with van der Waals surface area (Å²) in [5, 5.41) is 13.9. The van der Waals surface area contributed by atoms with E-state index in [0.29, 0.717) is 41.9 Å². The van der Waals surface area contributed by atoms with Crippen LogP contribution >= 0.6 is 34.7 Å². The third-order valence-corrected chi connectivity index (χ3v) is 6.30. The third kappa shape index (κ3) is 3.93. The molecule has 1 aromatic carbocycles. The van der Waals surface area contributed by atoms with Crippen molar-refractivity contribution < 1.29 is 9.53 Å². The first-order valence-electron chi connectivity index (χ1n) is 7.64. The number of nitriles is 1. The number of halogens is 1. The molecular formula is C17H16ClN3O2S2. The molecule has 2 amide bonds. The van der Waals surface area contributed by atoms with Crippen LogP contribution in [-0.2, 0) is 4.74 Å². The summed E-state index contributed by atoms with van der Waals surface area (Å²) in [7, 11) is 0. The molecule has 3 rings (SSSR count). The molecule has 1 N–H and O–H groups in total. The number of amides is 2. The summed E-state index contributed by atoms with van der Waals surface area (Å²) < 4.78 is 6.16. The highest BCUT2D eigenvalue weighted by Crippen LogP contribution is 2.44. The molecule has 0 saturated carbocycles. The molecule has 0 bridgehead atoms. The molecule has 0 spiro atoms. The van der Waals surface area contributed by atoms with Crippen LogP contribution in [0.5, 0.6) is 0 Å². The number of thiophene rings is 1. The molecule has 0 radical (unpaired) electrons. The average Bonchev–Trinajstić information content (AvgIpc) is 3.00. The Morgan fingerprint density at radius 1 is 1.36 bits per heavy atom. The lowest BCUT2D eigenvalue weighted by Crippen LogP contribution is -2.43. The highest BCUT2D eigenvalue weighted by atomic mass is 35.5. The van der Waals surface area contributed by atoms with Crippen LogP contribution in [0.25, 0.3) is 11.1 Å². The number of morpholine rings is 1. The van der Waals surface area contributed by atoms with Crippen molar-refractivity contribution in [3.05, 3.63) is 34.9 Å². The molecule has 1 aliphatic heterocycles. The molecule has 0 atom stereocenters. The van der Waals surface area contributed by atoms with Gasteiger partial charge in [-0.05, 0) is 24.0 Å². The highest BCUT2D eigenvalue weighted by Gasteiger charge is 2.23. The summed E-state index contributed by atoms with van der Waals surface area (Å²) in [5.41, 5.74) is 2.18. The number of hydrogen-bond donors (Lipinski definition) is 1. The van der Waals surface area contributed by atoms with E-state index in [1.807, 2.05) is 18.4 Å². The van der Waals surface area contributed by atoms with Crippen LogP contribution in [0, 0.1) is 11.3 Å². The Bertz CT molecular complexity index is 809. The summed E-state index contributed by atoms with van der Waals surface area (Å²) >= 11 is 8.90. The minimum absolute atomic E-state index is 0.170. The van der Waals surface area contributed by atoms with E-state index in [-0.39, 0.29) is 6.03 Å². The van der Waals surface area contributed by atoms with Crippen LogP contribution in [0.15, 0.2) is 28.5 Å². The third-order valence-electron chi connectivity index (χ3n) is 3.82. The zero-order valence-corrected chi connectivity index (χ0v) is 15.9. The van der Waals surface area contributed by atoms with Crippen LogP contribution in [0.3, 0.4) is 0 Å². The fraction of sp³-hybridized carbons (Fsp3) is 0.294. The minimum atomic E-state index is -0.170. The maximum atomic E-state index is 12.6. The predicted octanol–water partition coefficient (Wildman–Crippen LogP) is 4.53. The van der Waals surface area contributed by atoms with Crippen LogP contribution in [0.2, 0.25) is 5.02 Å². The molecular weight excluding hydrogens is 378 g/mol. The standard InChI is InChI=1S/C17H16ClN3O2S2/c1-24-16-13(10-19)14(11-2-4-12(18)5-3-11)15(25-16)20-17(22)21-6-8-23-9-7-21/h2-5H,6-9H2,1H3,(H,20,22). The lowest BCUT2D eigenvalue weighted by molar-refractivity contribution is 0.0565. The molecule has 130 valence electrons. The molecule has 1 saturated heterocycles. The first-order chi connectivity index (χ1) is 12.1. The van der Waals surface area contributed by atoms with Crippen LogP contribution in [0.1, 0.15) is 5.56 Å². The van der Waals surface area contributed by atoms with E-state index in [4.69, 9.17) is 16.3 Å². The van der Waals surface area contributed by atoms with E-state index in [1.165, 1.54) is 23.1 Å². The summed E-state index contributed by atoms with van der Waals surface area (Å²) in [6, 6.07) is 9.38. The quantitative estimate of drug-likeness (QED) is 0.778. The number of urea groups is 1. The number of ether oxygens (including phenoxy) is 1. The Balaban J connectivity index is 1.97. The molecule has 0 aliphatic carbocycles. The molecule has 25 heavy (non-hydrogen) atoms. The number of nitrogens with one attached hydrogen (secondary N) is 1. The average molecular weight is 394 g/mol. The van der Waals surface area contributed by atoms with Crippen molar-refractivity contribution in [1.29, 1.82) is 5.26 Å². The SMILES string of the molecule is CSc1sc(NC(=O)N2CCOCC2)c(-c2ccc(Cl)cc2)c1C#N. The van der Waals surface area contributed by atoms with Gasteiger partial charge >= 0.3 is 6.03 Å². The van der Waals surface area contributed by atoms with Gasteiger partial charge in [0.15, 0.2) is 0 Å². The second kappa shape index (κ2) is 8.11. The molecule has 1 fully saturated rings. The number of rotatable bonds is 3. The first kappa shape index (κ1) is 18.1. The molecule has 1 aliphatic rings. The van der Waals surface area contributed by atoms with Gasteiger partial charge in [0, 0.05) is 23.7 Å². The summed E-state index contributed by atoms with van der Waals surface area (Å²) in [4.78, 5) is 14.3. The van der Waals surface area contributed by atoms with E-state index < -0.39 is 0 Å². The van der Waals surface area contributed by atoms with Crippen molar-refractivity contribution in [2.45, 2.75) is 4.21 Å². The van der Waals surface area contributed by atoms with Crippen LogP contribution < -0.4 is 5.32 Å². The Morgan fingerprint density at radius 3 is 2.64 bits per heavy atom. The maximum Gasteiger partial charge on any atom is 0.322 e. The van der Waals surface area contributed by atoms with Gasteiger partial charge in [0.25, 0.3) is 0 Å². The number of benzene rings is 1. The zero-order valence-electron chi connectivity index (χ0n) is 13.5. The monoisotopic (exact) mass is 393 g/mol. The van der Waals surface area contributed by atoms with Crippen molar-refractivity contribution in [3.8, 4) is 17.2 Å². The fourth-order valence-corrected chi connectivity index (χ4v) is 4.53. The van der Waals surface area contributed by atoms with Crippen molar-refractivity contribution in [1.82, 2.24) is 4.90 Å². The van der Waals surface area contributed by atoms with Gasteiger partial charge in [0.05, 0.1) is 23.0 Å². The predicted molar refractivity (Wildman–Crippen MR) is 103 cm³/mol. The number of anilines is 1. The van der Waals surface area contributed by atoms with Gasteiger partial charge in [-0.25, -0.2) is 4.79 Å². The summed E-state index contributed by atoms with van der Waals surface area (Å²) in [6.45, 7) is 2.21. The van der Waals surface area contributed by atoms with E-state index in [9.17, 15) is 10.1 Å². The Kier molecular flexibility index (Phi) is 5.86. The summed E-state index contributed by atoms with van der Waals surface area (Å²) in [5.74, 6) is 0. The molecule has 8 heteroatoms. The van der Waals surface area contributed by atoms with Gasteiger partial charge in [-0.1, -0.05) is 23.7 Å². The van der Waals surface area contributed by atoms with E-state index in [1.54, 1.807) is 17.0 Å². The lowest BCUT2D eigenvalue weighted by Gasteiger charge is -2.26. The highest BCUT2D eigenvalue weighted by molar-refractivity contribution is 8.00. The second-order valence-corrected chi connectivity index (χ2v) is 7.85. The van der Waals surface area contributed by atoms with E-state index in [0.717, 1.165) is 15.3 Å². The van der Waals surface area contributed by atoms with Gasteiger partial charge in [0.2, 0.25) is 0 Å². The normalized spacial score (nSPS) is 14.2. The van der Waals surface area contributed by atoms with Crippen molar-refractivity contribution in [3.63, 3.8) is 0 Å². The van der Waals surface area contributed by atoms with E-state index in [2.05, 4.69) is 11.4 Å². The largest absolute Gasteiger partial charge is 0.378 e. The topological polar surface area (TPSA) is 65.4 Å². The number of carbonyl (C=O) groups excluding carboxylic acids is 1. The Labute approximate surface area is 159 Å². The number of thioether (sulfide) groups is 1. The Morgan fingerprint density at radius 2 is 2.04 bits per heavy atom. The molecule has 5 nitrogen and oxygen atoms in total. The smallest absolute Gasteiger partial charge is 0.322 e. The zero-order chi connectivity index (χ0) is 17.8. The fourth-order valence-electron chi connectivity index (χ4n) is 2.58. The van der Waals surface area contributed by atoms with Crippen molar-refractivity contribution >= 4 is 45.7 Å². The van der Waals surface area contributed by atoms with Crippen LogP contribution in [0.4, 0.5) is 9.80 Å². The van der Waals surface area contributed by atoms with Gasteiger partial charge in [0.1, 0.15) is 11.1 Å². The summed E-state index contributed by atoms with van der Waals surface area (Å²) in [6.07, 6.45) is 1.92. The van der Waals surface area contributed by atoms with E-state index >= 15 is 0 Å². The number of nitrogens with zero attached hydrogens (tertiary/aromatic N) is 2. The maximum absolute atomic E-state index is 12.6. The first-order valence-corrected chi connectivity index (χ1v) is 10.1. The lowest BCUT2D eigenvalue weighted by atomic mass is 10.0. The molecule has 2 aromatic rings. The van der Waals surface area contributed by atoms with Gasteiger partial charge in [-0.3, -0.25) is 5.32 Å². The second-order valence-electron chi connectivity index (χ2n) is 5.32. The molecule has 2 heterocycles. The Hall–Kier alpha value is -1.72. The number of carbonyl (C=O) groups is 1. The molecule has 1 aromatic heterocycles. The molecule has 0 unspecified atom stereocenters. The van der Waals surface area contributed by atoms with Gasteiger partial charge in [-0.15, -0.1) is 23.1 Å². The van der Waals surface area contributed by atoms with Crippen LogP contribution in [-0.4, -0.2) is 43.5 Å². The minimum Gasteiger partial charge on any atom is -0.378 e. The van der Waals surface area contributed by atoms with Crippen molar-refractivity contribution in [2.24, 2.45) is 0 Å². The van der Waals surface area contributed by atoms with Gasteiger partial charge < -0.3 is 9.64 Å². The number of hydrogen-bond acceptors (Lipinski definition) is 5. The van der Waals surface area contributed by atoms with Crippen molar-refractivity contribution in [2.75, 3.05) is 37.9 Å². The van der Waals surface area contributed by atoms with Gasteiger partial charge in [-0.2, -0.15) is 5.26 Å².